The Morgan fingerprint density at radius 1 is 0.969 bits per heavy atom. The number of fused-ring (bicyclic) bond motifs is 1. The minimum absolute atomic E-state index is 0.0257. The minimum atomic E-state index is -0.307. The van der Waals surface area contributed by atoms with Crippen molar-refractivity contribution in [3.63, 3.8) is 0 Å². The maximum atomic E-state index is 13.1. The van der Waals surface area contributed by atoms with E-state index in [9.17, 15) is 9.18 Å². The summed E-state index contributed by atoms with van der Waals surface area (Å²) < 4.78 is 14.7. The first-order valence-electron chi connectivity index (χ1n) is 10.2. The fourth-order valence-electron chi connectivity index (χ4n) is 3.78. The van der Waals surface area contributed by atoms with E-state index in [2.05, 4.69) is 25.2 Å². The van der Waals surface area contributed by atoms with Crippen molar-refractivity contribution in [1.82, 2.24) is 29.9 Å². The smallest absolute Gasteiger partial charge is 0.227 e. The maximum Gasteiger partial charge on any atom is 0.227 e. The van der Waals surface area contributed by atoms with E-state index < -0.39 is 0 Å². The van der Waals surface area contributed by atoms with Gasteiger partial charge in [-0.2, -0.15) is 4.68 Å². The van der Waals surface area contributed by atoms with Gasteiger partial charge in [-0.3, -0.25) is 4.79 Å². The molecule has 8 nitrogen and oxygen atoms in total. The summed E-state index contributed by atoms with van der Waals surface area (Å²) in [5.41, 5.74) is 2.81. The van der Waals surface area contributed by atoms with E-state index in [-0.39, 0.29) is 18.1 Å². The van der Waals surface area contributed by atoms with Crippen molar-refractivity contribution in [3.05, 3.63) is 71.3 Å². The highest BCUT2D eigenvalue weighted by atomic mass is 35.5. The van der Waals surface area contributed by atoms with Crippen LogP contribution in [0.3, 0.4) is 0 Å². The van der Waals surface area contributed by atoms with Gasteiger partial charge < -0.3 is 9.80 Å². The standard InChI is InChI=1S/C22H19ClFN7O/c23-16-3-7-18(8-4-16)31-22-20(27-28-31)21(25-14-26-22)30-11-9-29(10-12-30)19(32)13-15-1-5-17(24)6-2-15/h1-8,14H,9-13H2. The molecule has 3 heterocycles. The molecular formula is C22H19ClFN7O. The van der Waals surface area contributed by atoms with Gasteiger partial charge in [0.2, 0.25) is 5.91 Å². The van der Waals surface area contributed by atoms with Crippen molar-refractivity contribution in [3.8, 4) is 5.69 Å². The Balaban J connectivity index is 1.30. The SMILES string of the molecule is O=C(Cc1ccc(F)cc1)N1CCN(c2ncnc3c2nnn3-c2ccc(Cl)cc2)CC1. The number of carbonyl (C=O) groups is 1. The van der Waals surface area contributed by atoms with Crippen molar-refractivity contribution < 1.29 is 9.18 Å². The fourth-order valence-corrected chi connectivity index (χ4v) is 3.91. The van der Waals surface area contributed by atoms with E-state index in [0.717, 1.165) is 11.3 Å². The second kappa shape index (κ2) is 8.51. The summed E-state index contributed by atoms with van der Waals surface area (Å²) in [5, 5.41) is 9.20. The van der Waals surface area contributed by atoms with E-state index >= 15 is 0 Å². The number of hydrogen-bond donors (Lipinski definition) is 0. The van der Waals surface area contributed by atoms with Crippen LogP contribution in [0.1, 0.15) is 5.56 Å². The molecule has 1 aliphatic rings. The van der Waals surface area contributed by atoms with Gasteiger partial charge in [-0.1, -0.05) is 28.9 Å². The zero-order valence-corrected chi connectivity index (χ0v) is 17.8. The summed E-state index contributed by atoms with van der Waals surface area (Å²) in [6.07, 6.45) is 1.76. The quantitative estimate of drug-likeness (QED) is 0.474. The first-order chi connectivity index (χ1) is 15.6. The lowest BCUT2D eigenvalue weighted by Crippen LogP contribution is -2.49. The van der Waals surface area contributed by atoms with Crippen LogP contribution >= 0.6 is 11.6 Å². The summed E-state index contributed by atoms with van der Waals surface area (Å²) in [6, 6.07) is 13.3. The topological polar surface area (TPSA) is 80.0 Å². The third-order valence-corrected chi connectivity index (χ3v) is 5.74. The second-order valence-electron chi connectivity index (χ2n) is 7.52. The van der Waals surface area contributed by atoms with Crippen LogP contribution in [-0.2, 0) is 11.2 Å². The molecule has 2 aromatic carbocycles. The van der Waals surface area contributed by atoms with Crippen molar-refractivity contribution in [2.75, 3.05) is 31.1 Å². The molecule has 1 amide bonds. The summed E-state index contributed by atoms with van der Waals surface area (Å²) in [6.45, 7) is 2.37. The fraction of sp³-hybridized carbons (Fsp3) is 0.227. The summed E-state index contributed by atoms with van der Waals surface area (Å²) in [4.78, 5) is 25.4. The molecule has 0 unspecified atom stereocenters. The largest absolute Gasteiger partial charge is 0.351 e. The number of nitrogens with zero attached hydrogens (tertiary/aromatic N) is 7. The molecule has 5 rings (SSSR count). The van der Waals surface area contributed by atoms with E-state index in [1.54, 1.807) is 28.9 Å². The Hall–Kier alpha value is -3.59. The highest BCUT2D eigenvalue weighted by Crippen LogP contribution is 2.24. The summed E-state index contributed by atoms with van der Waals surface area (Å²) in [7, 11) is 0. The molecule has 10 heteroatoms. The van der Waals surface area contributed by atoms with Crippen LogP contribution in [0.5, 0.6) is 0 Å². The number of aromatic nitrogens is 5. The number of amides is 1. The Labute approximate surface area is 188 Å². The zero-order valence-electron chi connectivity index (χ0n) is 17.0. The first kappa shape index (κ1) is 20.3. The molecule has 0 radical (unpaired) electrons. The lowest BCUT2D eigenvalue weighted by molar-refractivity contribution is -0.130. The van der Waals surface area contributed by atoms with E-state index in [0.29, 0.717) is 48.2 Å². The van der Waals surface area contributed by atoms with E-state index in [4.69, 9.17) is 11.6 Å². The van der Waals surface area contributed by atoms with Crippen LogP contribution in [0.15, 0.2) is 54.9 Å². The highest BCUT2D eigenvalue weighted by molar-refractivity contribution is 6.30. The molecule has 0 spiro atoms. The molecule has 1 aliphatic heterocycles. The molecule has 1 fully saturated rings. The lowest BCUT2D eigenvalue weighted by atomic mass is 10.1. The molecule has 32 heavy (non-hydrogen) atoms. The normalized spacial score (nSPS) is 14.2. The number of benzene rings is 2. The van der Waals surface area contributed by atoms with Gasteiger partial charge in [-0.15, -0.1) is 5.10 Å². The third kappa shape index (κ3) is 3.99. The van der Waals surface area contributed by atoms with Crippen LogP contribution in [0.4, 0.5) is 10.2 Å². The number of carbonyl (C=O) groups excluding carboxylic acids is 1. The van der Waals surface area contributed by atoms with Gasteiger partial charge in [0.15, 0.2) is 17.0 Å². The van der Waals surface area contributed by atoms with Crippen LogP contribution in [0.2, 0.25) is 5.02 Å². The van der Waals surface area contributed by atoms with Gasteiger partial charge >= 0.3 is 0 Å². The molecule has 4 aromatic rings. The Morgan fingerprint density at radius 3 is 2.41 bits per heavy atom. The zero-order chi connectivity index (χ0) is 22.1. The molecule has 0 saturated carbocycles. The minimum Gasteiger partial charge on any atom is -0.351 e. The van der Waals surface area contributed by atoms with Gasteiger partial charge in [0.05, 0.1) is 12.1 Å². The van der Waals surface area contributed by atoms with Gasteiger partial charge in [0, 0.05) is 31.2 Å². The predicted octanol–water partition coefficient (Wildman–Crippen LogP) is 2.89. The van der Waals surface area contributed by atoms with Gasteiger partial charge in [0.1, 0.15) is 12.1 Å². The number of anilines is 1. The summed E-state index contributed by atoms with van der Waals surface area (Å²) >= 11 is 5.98. The highest BCUT2D eigenvalue weighted by Gasteiger charge is 2.25. The van der Waals surface area contributed by atoms with Gasteiger partial charge in [-0.25, -0.2) is 14.4 Å². The molecule has 162 valence electrons. The monoisotopic (exact) mass is 451 g/mol. The average Bonchev–Trinajstić information content (AvgIpc) is 3.25. The first-order valence-corrected chi connectivity index (χ1v) is 10.6. The number of rotatable bonds is 4. The number of halogens is 2. The Morgan fingerprint density at radius 2 is 1.69 bits per heavy atom. The molecule has 0 N–H and O–H groups in total. The van der Waals surface area contributed by atoms with Gasteiger partial charge in [-0.05, 0) is 42.0 Å². The van der Waals surface area contributed by atoms with Crippen molar-refractivity contribution >= 4 is 34.5 Å². The molecule has 0 aliphatic carbocycles. The van der Waals surface area contributed by atoms with E-state index in [1.165, 1.54) is 18.5 Å². The van der Waals surface area contributed by atoms with Gasteiger partial charge in [0.25, 0.3) is 0 Å². The van der Waals surface area contributed by atoms with Crippen LogP contribution < -0.4 is 4.90 Å². The van der Waals surface area contributed by atoms with Crippen LogP contribution in [-0.4, -0.2) is 61.9 Å². The average molecular weight is 452 g/mol. The molecular weight excluding hydrogens is 433 g/mol. The molecule has 1 saturated heterocycles. The van der Waals surface area contributed by atoms with Crippen molar-refractivity contribution in [1.29, 1.82) is 0 Å². The Kier molecular flexibility index (Phi) is 5.40. The van der Waals surface area contributed by atoms with Crippen LogP contribution in [0.25, 0.3) is 16.9 Å². The third-order valence-electron chi connectivity index (χ3n) is 5.49. The second-order valence-corrected chi connectivity index (χ2v) is 7.95. The summed E-state index contributed by atoms with van der Waals surface area (Å²) in [5.74, 6) is 0.414. The maximum absolute atomic E-state index is 13.1. The molecule has 0 atom stereocenters. The Bertz CT molecular complexity index is 1250. The van der Waals surface area contributed by atoms with Crippen LogP contribution in [0, 0.1) is 5.82 Å². The number of piperazine rings is 1. The predicted molar refractivity (Wildman–Crippen MR) is 118 cm³/mol. The van der Waals surface area contributed by atoms with Crippen molar-refractivity contribution in [2.24, 2.45) is 0 Å². The van der Waals surface area contributed by atoms with Crippen molar-refractivity contribution in [2.45, 2.75) is 6.42 Å². The lowest BCUT2D eigenvalue weighted by Gasteiger charge is -2.35. The molecule has 0 bridgehead atoms. The van der Waals surface area contributed by atoms with E-state index in [1.807, 2.05) is 17.0 Å². The molecule has 2 aromatic heterocycles. The number of hydrogen-bond acceptors (Lipinski definition) is 6.